The van der Waals surface area contributed by atoms with Crippen LogP contribution in [0.5, 0.6) is 0 Å². The molecule has 0 spiro atoms. The van der Waals surface area contributed by atoms with Crippen LogP contribution in [0.25, 0.3) is 0 Å². The van der Waals surface area contributed by atoms with Gasteiger partial charge in [-0.15, -0.1) is 0 Å². The average molecular weight is 227 g/mol. The Labute approximate surface area is 111 Å². The van der Waals surface area contributed by atoms with Gasteiger partial charge in [0.25, 0.3) is 0 Å². The van der Waals surface area contributed by atoms with Crippen LogP contribution in [0.2, 0.25) is 0 Å². The van der Waals surface area contributed by atoms with Gasteiger partial charge in [-0.2, -0.15) is 5.53 Å². The molecule has 0 heterocycles. The SMILES string of the molecule is CCCON(NC(=O)N=N)OCCC.[Na]. The Morgan fingerprint density at radius 2 is 1.80 bits per heavy atom. The van der Waals surface area contributed by atoms with Gasteiger partial charge in [-0.25, -0.2) is 10.2 Å². The van der Waals surface area contributed by atoms with Gasteiger partial charge in [-0.1, -0.05) is 19.0 Å². The summed E-state index contributed by atoms with van der Waals surface area (Å²) in [4.78, 5) is 20.7. The molecular weight excluding hydrogens is 211 g/mol. The van der Waals surface area contributed by atoms with Crippen LogP contribution in [-0.4, -0.2) is 54.1 Å². The molecule has 0 aliphatic heterocycles. The van der Waals surface area contributed by atoms with Gasteiger partial charge in [-0.05, 0) is 12.8 Å². The van der Waals surface area contributed by atoms with E-state index in [0.717, 1.165) is 18.2 Å². The molecule has 0 fully saturated rings. The second kappa shape index (κ2) is 12.0. The zero-order valence-corrected chi connectivity index (χ0v) is 11.4. The van der Waals surface area contributed by atoms with Gasteiger partial charge in [-0.3, -0.25) is 9.68 Å². The van der Waals surface area contributed by atoms with Crippen LogP contribution >= 0.6 is 0 Å². The Morgan fingerprint density at radius 3 is 2.13 bits per heavy atom. The van der Waals surface area contributed by atoms with E-state index in [1.165, 1.54) is 0 Å². The van der Waals surface area contributed by atoms with Crippen molar-refractivity contribution in [3.8, 4) is 0 Å². The number of urea groups is 1. The predicted octanol–water partition coefficient (Wildman–Crippen LogP) is 1.25. The van der Waals surface area contributed by atoms with E-state index in [-0.39, 0.29) is 29.6 Å². The number of amides is 2. The molecule has 0 saturated heterocycles. The molecule has 0 saturated carbocycles. The van der Waals surface area contributed by atoms with Crippen LogP contribution < -0.4 is 5.43 Å². The van der Waals surface area contributed by atoms with Crippen LogP contribution in [0, 0.1) is 5.53 Å². The van der Waals surface area contributed by atoms with Crippen molar-refractivity contribution in [3.05, 3.63) is 0 Å². The summed E-state index contributed by atoms with van der Waals surface area (Å²) in [5.74, 6) is 0. The smallest absolute Gasteiger partial charge is 0.256 e. The summed E-state index contributed by atoms with van der Waals surface area (Å²) in [6.07, 6.45) is 1.58. The van der Waals surface area contributed by atoms with E-state index in [9.17, 15) is 4.79 Å². The topological polar surface area (TPSA) is 87.0 Å². The molecule has 0 atom stereocenters. The van der Waals surface area contributed by atoms with Gasteiger partial charge in [0, 0.05) is 34.9 Å². The molecule has 0 bridgehead atoms. The van der Waals surface area contributed by atoms with Crippen LogP contribution in [0.4, 0.5) is 4.79 Å². The van der Waals surface area contributed by atoms with E-state index < -0.39 is 6.03 Å². The fraction of sp³-hybridized carbons (Fsp3) is 0.857. The van der Waals surface area contributed by atoms with Gasteiger partial charge in [0.2, 0.25) is 0 Å². The third-order valence-electron chi connectivity index (χ3n) is 1.11. The average Bonchev–Trinajstić information content (AvgIpc) is 2.21. The summed E-state index contributed by atoms with van der Waals surface area (Å²) < 4.78 is 0. The first kappa shape index (κ1) is 17.3. The predicted molar refractivity (Wildman–Crippen MR) is 53.8 cm³/mol. The molecule has 2 amide bonds. The van der Waals surface area contributed by atoms with Gasteiger partial charge in [0.1, 0.15) is 0 Å². The summed E-state index contributed by atoms with van der Waals surface area (Å²) in [6.45, 7) is 4.69. The first-order chi connectivity index (χ1) is 6.74. The minimum absolute atomic E-state index is 0. The van der Waals surface area contributed by atoms with Gasteiger partial charge >= 0.3 is 6.03 Å². The van der Waals surface area contributed by atoms with Crippen LogP contribution in [-0.2, 0) is 9.68 Å². The van der Waals surface area contributed by atoms with Crippen molar-refractivity contribution in [1.29, 1.82) is 5.53 Å². The Balaban J connectivity index is 0. The van der Waals surface area contributed by atoms with Crippen molar-refractivity contribution >= 4 is 35.6 Å². The third-order valence-corrected chi connectivity index (χ3v) is 1.11. The summed E-state index contributed by atoms with van der Waals surface area (Å²) in [7, 11) is 0. The minimum Gasteiger partial charge on any atom is -0.256 e. The Kier molecular flexibility index (Phi) is 13.9. The van der Waals surface area contributed by atoms with Crippen molar-refractivity contribution in [1.82, 2.24) is 10.8 Å². The normalized spacial score (nSPS) is 9.53. The van der Waals surface area contributed by atoms with Crippen molar-refractivity contribution in [2.75, 3.05) is 13.2 Å². The van der Waals surface area contributed by atoms with Gasteiger partial charge in [0.15, 0.2) is 0 Å². The van der Waals surface area contributed by atoms with Gasteiger partial charge < -0.3 is 0 Å². The summed E-state index contributed by atoms with van der Waals surface area (Å²) in [6, 6.07) is -0.836. The molecule has 0 aliphatic carbocycles. The number of carbonyl (C=O) groups excluding carboxylic acids is 1. The quantitative estimate of drug-likeness (QED) is 0.389. The van der Waals surface area contributed by atoms with E-state index in [1.54, 1.807) is 0 Å². The molecule has 8 heteroatoms. The molecule has 83 valence electrons. The first-order valence-electron chi connectivity index (χ1n) is 4.48. The van der Waals surface area contributed by atoms with Crippen molar-refractivity contribution in [3.63, 3.8) is 0 Å². The molecule has 0 aliphatic rings. The van der Waals surface area contributed by atoms with Crippen molar-refractivity contribution in [2.45, 2.75) is 26.7 Å². The van der Waals surface area contributed by atoms with Crippen LogP contribution in [0.3, 0.4) is 0 Å². The zero-order chi connectivity index (χ0) is 10.8. The number of nitrogens with zero attached hydrogens (tertiary/aromatic N) is 2. The summed E-state index contributed by atoms with van der Waals surface area (Å²) in [5.41, 5.74) is 8.56. The molecule has 15 heavy (non-hydrogen) atoms. The Bertz CT molecular complexity index is 174. The molecule has 0 unspecified atom stereocenters. The molecule has 1 radical (unpaired) electrons. The van der Waals surface area contributed by atoms with E-state index in [2.05, 4.69) is 10.5 Å². The monoisotopic (exact) mass is 227 g/mol. The fourth-order valence-corrected chi connectivity index (χ4v) is 0.553. The van der Waals surface area contributed by atoms with Crippen LogP contribution in [0.15, 0.2) is 5.11 Å². The maximum absolute atomic E-state index is 10.7. The first-order valence-corrected chi connectivity index (χ1v) is 4.48. The molecule has 7 nitrogen and oxygen atoms in total. The number of hydrazine groups is 1. The van der Waals surface area contributed by atoms with Crippen molar-refractivity contribution in [2.24, 2.45) is 5.11 Å². The van der Waals surface area contributed by atoms with Crippen LogP contribution in [0.1, 0.15) is 26.7 Å². The minimum atomic E-state index is -0.836. The second-order valence-corrected chi connectivity index (χ2v) is 2.45. The Morgan fingerprint density at radius 1 is 1.33 bits per heavy atom. The van der Waals surface area contributed by atoms with E-state index in [1.807, 2.05) is 13.8 Å². The second-order valence-electron chi connectivity index (χ2n) is 2.45. The molecule has 2 N–H and O–H groups in total. The largest absolute Gasteiger partial charge is 0.377 e. The number of carbonyl (C=O) groups is 1. The molecular formula is C7H16N4NaO3. The van der Waals surface area contributed by atoms with Crippen molar-refractivity contribution < 1.29 is 14.5 Å². The standard InChI is InChI=1S/C7H16N4O3.Na/c1-3-5-13-11(14-6-4-2)10-7(12)9-8;/h8H,3-6H2,1-2H3,(H,10,12);. The maximum Gasteiger partial charge on any atom is 0.377 e. The van der Waals surface area contributed by atoms with Gasteiger partial charge in [0.05, 0.1) is 13.2 Å². The number of hydrogen-bond acceptors (Lipinski definition) is 5. The Hall–Kier alpha value is -0.0500. The van der Waals surface area contributed by atoms with E-state index in [0.29, 0.717) is 13.2 Å². The maximum atomic E-state index is 10.7. The summed E-state index contributed by atoms with van der Waals surface area (Å²) in [5, 5.41) is 3.48. The number of rotatable bonds is 7. The number of nitrogens with one attached hydrogen (secondary N) is 2. The van der Waals surface area contributed by atoms with E-state index >= 15 is 0 Å². The van der Waals surface area contributed by atoms with E-state index in [4.69, 9.17) is 15.2 Å². The zero-order valence-electron chi connectivity index (χ0n) is 9.45. The molecule has 0 aromatic heterocycles. The third kappa shape index (κ3) is 10.2. The number of hydrogen-bond donors (Lipinski definition) is 2. The summed E-state index contributed by atoms with van der Waals surface area (Å²) >= 11 is 0. The fourth-order valence-electron chi connectivity index (χ4n) is 0.553. The molecule has 0 aromatic carbocycles. The molecule has 0 aromatic rings. The molecule has 0 rings (SSSR count).